The first-order chi connectivity index (χ1) is 7.13. The number of aromatic amines is 1. The molecule has 1 atom stereocenters. The highest BCUT2D eigenvalue weighted by molar-refractivity contribution is 6.18. The van der Waals surface area contributed by atoms with Crippen molar-refractivity contribution in [2.24, 2.45) is 5.92 Å². The van der Waals surface area contributed by atoms with Crippen LogP contribution < -0.4 is 5.32 Å². The fourth-order valence-corrected chi connectivity index (χ4v) is 1.58. The molecule has 0 radical (unpaired) electrons. The van der Waals surface area contributed by atoms with Gasteiger partial charge in [-0.25, -0.2) is 4.98 Å². The van der Waals surface area contributed by atoms with Crippen LogP contribution in [0.15, 0.2) is 12.5 Å². The summed E-state index contributed by atoms with van der Waals surface area (Å²) >= 11 is 5.78. The van der Waals surface area contributed by atoms with E-state index in [9.17, 15) is 4.79 Å². The highest BCUT2D eigenvalue weighted by Crippen LogP contribution is 2.06. The zero-order valence-corrected chi connectivity index (χ0v) is 9.71. The summed E-state index contributed by atoms with van der Waals surface area (Å²) in [5.41, 5.74) is 0.467. The smallest absolute Gasteiger partial charge is 0.269 e. The Morgan fingerprint density at radius 3 is 2.87 bits per heavy atom. The molecule has 1 amide bonds. The summed E-state index contributed by atoms with van der Waals surface area (Å²) in [6, 6.07) is 0.0162. The Labute approximate surface area is 94.4 Å². The zero-order valence-electron chi connectivity index (χ0n) is 8.96. The molecule has 0 spiro atoms. The third kappa shape index (κ3) is 3.91. The molecule has 84 valence electrons. The van der Waals surface area contributed by atoms with Gasteiger partial charge in [0, 0.05) is 11.9 Å². The van der Waals surface area contributed by atoms with E-state index in [1.807, 2.05) is 0 Å². The van der Waals surface area contributed by atoms with Crippen LogP contribution in [0.3, 0.4) is 0 Å². The molecule has 0 saturated heterocycles. The number of rotatable bonds is 5. The first-order valence-corrected chi connectivity index (χ1v) is 5.52. The fraction of sp³-hybridized carbons (Fsp3) is 0.600. The maximum absolute atomic E-state index is 11.6. The minimum absolute atomic E-state index is 0.0162. The van der Waals surface area contributed by atoms with Crippen LogP contribution in [0.4, 0.5) is 0 Å². The summed E-state index contributed by atoms with van der Waals surface area (Å²) in [7, 11) is 0. The fourth-order valence-electron chi connectivity index (χ4n) is 1.37. The number of halogens is 1. The molecule has 2 N–H and O–H groups in total. The molecule has 0 fully saturated rings. The van der Waals surface area contributed by atoms with Crippen LogP contribution in [0.1, 0.15) is 30.8 Å². The number of hydrogen-bond acceptors (Lipinski definition) is 2. The van der Waals surface area contributed by atoms with Crippen molar-refractivity contribution in [2.45, 2.75) is 26.3 Å². The molecular weight excluding hydrogens is 214 g/mol. The monoisotopic (exact) mass is 229 g/mol. The van der Waals surface area contributed by atoms with Gasteiger partial charge in [-0.15, -0.1) is 11.6 Å². The van der Waals surface area contributed by atoms with Gasteiger partial charge in [0.15, 0.2) is 0 Å². The minimum atomic E-state index is -0.154. The topological polar surface area (TPSA) is 57.8 Å². The first kappa shape index (κ1) is 12.0. The van der Waals surface area contributed by atoms with Crippen molar-refractivity contribution in [1.82, 2.24) is 15.3 Å². The molecule has 0 aliphatic heterocycles. The van der Waals surface area contributed by atoms with E-state index in [1.165, 1.54) is 12.5 Å². The number of nitrogens with one attached hydrogen (secondary N) is 2. The first-order valence-electron chi connectivity index (χ1n) is 4.98. The molecule has 5 heteroatoms. The lowest BCUT2D eigenvalue weighted by atomic mass is 10.1. The predicted molar refractivity (Wildman–Crippen MR) is 60.0 cm³/mol. The highest BCUT2D eigenvalue weighted by atomic mass is 35.5. The Morgan fingerprint density at radius 2 is 2.40 bits per heavy atom. The molecule has 0 saturated carbocycles. The van der Waals surface area contributed by atoms with E-state index in [4.69, 9.17) is 11.6 Å². The maximum atomic E-state index is 11.6. The Hall–Kier alpha value is -1.03. The second kappa shape index (κ2) is 5.75. The average molecular weight is 230 g/mol. The molecule has 0 bridgehead atoms. The van der Waals surface area contributed by atoms with Crippen molar-refractivity contribution in [1.29, 1.82) is 0 Å². The SMILES string of the molecule is CC(C)CC(CCl)NC(=O)c1cnc[nH]1. The number of aromatic nitrogens is 2. The van der Waals surface area contributed by atoms with E-state index in [0.29, 0.717) is 17.5 Å². The van der Waals surface area contributed by atoms with E-state index in [2.05, 4.69) is 29.1 Å². The second-order valence-corrected chi connectivity index (χ2v) is 4.23. The Bertz CT molecular complexity index is 298. The van der Waals surface area contributed by atoms with E-state index in [1.54, 1.807) is 0 Å². The number of H-pyrrole nitrogens is 1. The van der Waals surface area contributed by atoms with Crippen LogP contribution in [-0.2, 0) is 0 Å². The van der Waals surface area contributed by atoms with Crippen LogP contribution in [0.2, 0.25) is 0 Å². The molecule has 1 aromatic rings. The third-order valence-corrected chi connectivity index (χ3v) is 2.39. The van der Waals surface area contributed by atoms with Gasteiger partial charge in [-0.1, -0.05) is 13.8 Å². The van der Waals surface area contributed by atoms with Crippen LogP contribution in [0, 0.1) is 5.92 Å². The molecule has 15 heavy (non-hydrogen) atoms. The summed E-state index contributed by atoms with van der Waals surface area (Å²) in [4.78, 5) is 18.2. The quantitative estimate of drug-likeness (QED) is 0.757. The van der Waals surface area contributed by atoms with E-state index in [0.717, 1.165) is 6.42 Å². The number of hydrogen-bond donors (Lipinski definition) is 2. The third-order valence-electron chi connectivity index (χ3n) is 2.02. The lowest BCUT2D eigenvalue weighted by molar-refractivity contribution is 0.0932. The van der Waals surface area contributed by atoms with Gasteiger partial charge in [-0.3, -0.25) is 4.79 Å². The van der Waals surface area contributed by atoms with Gasteiger partial charge in [0.2, 0.25) is 0 Å². The van der Waals surface area contributed by atoms with Gasteiger partial charge in [0.1, 0.15) is 5.69 Å². The number of carbonyl (C=O) groups excluding carboxylic acids is 1. The number of amides is 1. The van der Waals surface area contributed by atoms with Crippen LogP contribution in [-0.4, -0.2) is 27.8 Å². The predicted octanol–water partition coefficient (Wildman–Crippen LogP) is 1.79. The normalized spacial score (nSPS) is 12.8. The van der Waals surface area contributed by atoms with Gasteiger partial charge in [0.25, 0.3) is 5.91 Å². The van der Waals surface area contributed by atoms with Gasteiger partial charge < -0.3 is 10.3 Å². The molecule has 0 aromatic carbocycles. The number of nitrogens with zero attached hydrogens (tertiary/aromatic N) is 1. The Morgan fingerprint density at radius 1 is 1.67 bits per heavy atom. The Balaban J connectivity index is 2.48. The number of alkyl halides is 1. The lowest BCUT2D eigenvalue weighted by Crippen LogP contribution is -2.37. The van der Waals surface area contributed by atoms with Crippen LogP contribution >= 0.6 is 11.6 Å². The molecule has 0 aliphatic rings. The van der Waals surface area contributed by atoms with Crippen molar-refractivity contribution < 1.29 is 4.79 Å². The van der Waals surface area contributed by atoms with Gasteiger partial charge in [-0.2, -0.15) is 0 Å². The molecule has 1 unspecified atom stereocenters. The molecule has 0 aliphatic carbocycles. The standard InChI is InChI=1S/C10H16ClN3O/c1-7(2)3-8(4-11)14-10(15)9-5-12-6-13-9/h5-8H,3-4H2,1-2H3,(H,12,13)(H,14,15). The van der Waals surface area contributed by atoms with Gasteiger partial charge in [-0.05, 0) is 12.3 Å². The maximum Gasteiger partial charge on any atom is 0.269 e. The molecule has 1 rings (SSSR count). The van der Waals surface area contributed by atoms with E-state index >= 15 is 0 Å². The van der Waals surface area contributed by atoms with Crippen molar-refractivity contribution in [3.8, 4) is 0 Å². The Kier molecular flexibility index (Phi) is 4.62. The van der Waals surface area contributed by atoms with Gasteiger partial charge in [0.05, 0.1) is 12.5 Å². The van der Waals surface area contributed by atoms with Crippen LogP contribution in [0.25, 0.3) is 0 Å². The largest absolute Gasteiger partial charge is 0.347 e. The number of carbonyl (C=O) groups is 1. The molecular formula is C10H16ClN3O. The lowest BCUT2D eigenvalue weighted by Gasteiger charge is -2.17. The summed E-state index contributed by atoms with van der Waals surface area (Å²) in [5, 5.41) is 2.86. The highest BCUT2D eigenvalue weighted by Gasteiger charge is 2.14. The summed E-state index contributed by atoms with van der Waals surface area (Å²) in [6.07, 6.45) is 3.85. The van der Waals surface area contributed by atoms with Crippen LogP contribution in [0.5, 0.6) is 0 Å². The summed E-state index contributed by atoms with van der Waals surface area (Å²) in [6.45, 7) is 4.20. The van der Waals surface area contributed by atoms with E-state index < -0.39 is 0 Å². The molecule has 1 heterocycles. The van der Waals surface area contributed by atoms with Crippen molar-refractivity contribution in [2.75, 3.05) is 5.88 Å². The summed E-state index contributed by atoms with van der Waals surface area (Å²) < 4.78 is 0. The van der Waals surface area contributed by atoms with Crippen molar-refractivity contribution in [3.63, 3.8) is 0 Å². The second-order valence-electron chi connectivity index (χ2n) is 3.92. The number of imidazole rings is 1. The molecule has 1 aromatic heterocycles. The van der Waals surface area contributed by atoms with Gasteiger partial charge >= 0.3 is 0 Å². The van der Waals surface area contributed by atoms with Crippen molar-refractivity contribution in [3.05, 3.63) is 18.2 Å². The van der Waals surface area contributed by atoms with Crippen molar-refractivity contribution >= 4 is 17.5 Å². The summed E-state index contributed by atoms with van der Waals surface area (Å²) in [5.74, 6) is 0.785. The minimum Gasteiger partial charge on any atom is -0.347 e. The van der Waals surface area contributed by atoms with E-state index in [-0.39, 0.29) is 11.9 Å². The zero-order chi connectivity index (χ0) is 11.3. The molecule has 4 nitrogen and oxygen atoms in total. The average Bonchev–Trinajstić information content (AvgIpc) is 2.68.